The second-order valence-corrected chi connectivity index (χ2v) is 5.35. The van der Waals surface area contributed by atoms with E-state index in [2.05, 4.69) is 10.1 Å². The van der Waals surface area contributed by atoms with Crippen molar-refractivity contribution in [3.8, 4) is 5.75 Å². The Bertz CT molecular complexity index is 625. The lowest BCUT2D eigenvalue weighted by Crippen LogP contribution is -2.34. The molecule has 0 unspecified atom stereocenters. The molecule has 1 amide bonds. The molecular weight excluding hydrogens is 288 g/mol. The second kappa shape index (κ2) is 6.56. The lowest BCUT2D eigenvalue weighted by molar-refractivity contribution is -0.120. The van der Waals surface area contributed by atoms with E-state index in [0.717, 1.165) is 5.56 Å². The maximum Gasteiger partial charge on any atom is 0.387 e. The Morgan fingerprint density at radius 3 is 2.18 bits per heavy atom. The molecular formula is C17H17F2NO2. The molecule has 0 aliphatic rings. The molecule has 2 aromatic rings. The zero-order valence-corrected chi connectivity index (χ0v) is 12.3. The van der Waals surface area contributed by atoms with Crippen LogP contribution in [0.2, 0.25) is 0 Å². The van der Waals surface area contributed by atoms with Gasteiger partial charge in [0.05, 0.1) is 5.41 Å². The first kappa shape index (κ1) is 15.9. The predicted molar refractivity (Wildman–Crippen MR) is 81.2 cm³/mol. The smallest absolute Gasteiger partial charge is 0.387 e. The van der Waals surface area contributed by atoms with Gasteiger partial charge in [-0.3, -0.25) is 4.79 Å². The van der Waals surface area contributed by atoms with Gasteiger partial charge in [-0.15, -0.1) is 0 Å². The zero-order chi connectivity index (χ0) is 16.2. The minimum absolute atomic E-state index is 0.0512. The molecule has 2 aromatic carbocycles. The fraction of sp³-hybridized carbons (Fsp3) is 0.235. The van der Waals surface area contributed by atoms with Crippen molar-refractivity contribution in [1.82, 2.24) is 0 Å². The van der Waals surface area contributed by atoms with Crippen LogP contribution in [0.4, 0.5) is 14.5 Å². The van der Waals surface area contributed by atoms with Crippen molar-refractivity contribution in [2.45, 2.75) is 25.9 Å². The molecule has 22 heavy (non-hydrogen) atoms. The molecule has 0 spiro atoms. The summed E-state index contributed by atoms with van der Waals surface area (Å²) < 4.78 is 28.4. The normalized spacial score (nSPS) is 11.3. The summed E-state index contributed by atoms with van der Waals surface area (Å²) in [6.45, 7) is 0.787. The van der Waals surface area contributed by atoms with E-state index in [1.807, 2.05) is 44.2 Å². The van der Waals surface area contributed by atoms with Crippen LogP contribution in [0, 0.1) is 0 Å². The van der Waals surface area contributed by atoms with E-state index in [9.17, 15) is 13.6 Å². The average Bonchev–Trinajstić information content (AvgIpc) is 2.49. The summed E-state index contributed by atoms with van der Waals surface area (Å²) in [6.07, 6.45) is 0. The molecule has 0 radical (unpaired) electrons. The van der Waals surface area contributed by atoms with Gasteiger partial charge in [0.25, 0.3) is 0 Å². The van der Waals surface area contributed by atoms with Gasteiger partial charge >= 0.3 is 6.61 Å². The number of alkyl halides is 2. The monoisotopic (exact) mass is 305 g/mol. The molecule has 2 rings (SSSR count). The molecule has 116 valence electrons. The summed E-state index contributed by atoms with van der Waals surface area (Å²) >= 11 is 0. The Hall–Kier alpha value is -2.43. The van der Waals surface area contributed by atoms with Gasteiger partial charge in [0, 0.05) is 5.69 Å². The molecule has 0 aliphatic heterocycles. The minimum Gasteiger partial charge on any atom is -0.435 e. The van der Waals surface area contributed by atoms with Crippen molar-refractivity contribution in [3.63, 3.8) is 0 Å². The number of halogens is 2. The average molecular weight is 305 g/mol. The highest BCUT2D eigenvalue weighted by Crippen LogP contribution is 2.25. The summed E-state index contributed by atoms with van der Waals surface area (Å²) in [4.78, 5) is 12.4. The summed E-state index contributed by atoms with van der Waals surface area (Å²) in [5.74, 6) is -0.128. The van der Waals surface area contributed by atoms with E-state index in [1.165, 1.54) is 24.3 Å². The Morgan fingerprint density at radius 1 is 1.05 bits per heavy atom. The number of amides is 1. The third-order valence-electron chi connectivity index (χ3n) is 3.40. The first-order valence-corrected chi connectivity index (χ1v) is 6.81. The Morgan fingerprint density at radius 2 is 1.64 bits per heavy atom. The largest absolute Gasteiger partial charge is 0.435 e. The molecule has 0 heterocycles. The van der Waals surface area contributed by atoms with Crippen LogP contribution in [0.5, 0.6) is 5.75 Å². The maximum absolute atomic E-state index is 12.4. The van der Waals surface area contributed by atoms with Crippen LogP contribution in [-0.2, 0) is 10.2 Å². The molecule has 0 bridgehead atoms. The maximum atomic E-state index is 12.4. The van der Waals surface area contributed by atoms with Crippen molar-refractivity contribution < 1.29 is 18.3 Å². The van der Waals surface area contributed by atoms with Gasteiger partial charge in [-0.05, 0) is 43.7 Å². The molecule has 0 fully saturated rings. The molecule has 0 aromatic heterocycles. The summed E-state index contributed by atoms with van der Waals surface area (Å²) in [7, 11) is 0. The van der Waals surface area contributed by atoms with E-state index in [0.29, 0.717) is 5.69 Å². The van der Waals surface area contributed by atoms with Crippen LogP contribution in [0.3, 0.4) is 0 Å². The van der Waals surface area contributed by atoms with E-state index in [1.54, 1.807) is 0 Å². The number of anilines is 1. The third kappa shape index (κ3) is 3.81. The molecule has 0 aliphatic carbocycles. The summed E-state index contributed by atoms with van der Waals surface area (Å²) in [5.41, 5.74) is 0.708. The zero-order valence-electron chi connectivity index (χ0n) is 12.3. The summed E-state index contributed by atoms with van der Waals surface area (Å²) in [6, 6.07) is 15.2. The second-order valence-electron chi connectivity index (χ2n) is 5.35. The van der Waals surface area contributed by atoms with Crippen molar-refractivity contribution >= 4 is 11.6 Å². The number of nitrogens with one attached hydrogen (secondary N) is 1. The quantitative estimate of drug-likeness (QED) is 0.899. The standard InChI is InChI=1S/C17H17F2NO2/c1-17(2,12-6-4-3-5-7-12)15(21)20-13-8-10-14(11-9-13)22-16(18)19/h3-11,16H,1-2H3,(H,20,21). The molecule has 3 nitrogen and oxygen atoms in total. The number of carbonyl (C=O) groups excluding carboxylic acids is 1. The van der Waals surface area contributed by atoms with Crippen LogP contribution in [-0.4, -0.2) is 12.5 Å². The van der Waals surface area contributed by atoms with Crippen molar-refractivity contribution in [2.24, 2.45) is 0 Å². The van der Waals surface area contributed by atoms with Gasteiger partial charge in [-0.1, -0.05) is 30.3 Å². The molecule has 5 heteroatoms. The minimum atomic E-state index is -2.86. The van der Waals surface area contributed by atoms with E-state index in [4.69, 9.17) is 0 Å². The number of carbonyl (C=O) groups is 1. The number of hydrogen-bond acceptors (Lipinski definition) is 2. The van der Waals surface area contributed by atoms with Crippen LogP contribution >= 0.6 is 0 Å². The van der Waals surface area contributed by atoms with Crippen LogP contribution in [0.1, 0.15) is 19.4 Å². The lowest BCUT2D eigenvalue weighted by Gasteiger charge is -2.24. The highest BCUT2D eigenvalue weighted by Gasteiger charge is 2.29. The van der Waals surface area contributed by atoms with Gasteiger partial charge in [0.15, 0.2) is 0 Å². The Kier molecular flexibility index (Phi) is 4.75. The van der Waals surface area contributed by atoms with Crippen LogP contribution in [0.15, 0.2) is 54.6 Å². The number of hydrogen-bond donors (Lipinski definition) is 1. The fourth-order valence-corrected chi connectivity index (χ4v) is 1.99. The number of ether oxygens (including phenoxy) is 1. The van der Waals surface area contributed by atoms with Gasteiger partial charge in [0.2, 0.25) is 5.91 Å². The van der Waals surface area contributed by atoms with E-state index in [-0.39, 0.29) is 11.7 Å². The van der Waals surface area contributed by atoms with Crippen molar-refractivity contribution in [3.05, 3.63) is 60.2 Å². The van der Waals surface area contributed by atoms with Crippen molar-refractivity contribution in [1.29, 1.82) is 0 Å². The van der Waals surface area contributed by atoms with E-state index < -0.39 is 12.0 Å². The Balaban J connectivity index is 2.08. The van der Waals surface area contributed by atoms with Crippen LogP contribution < -0.4 is 10.1 Å². The first-order valence-electron chi connectivity index (χ1n) is 6.81. The highest BCUT2D eigenvalue weighted by molar-refractivity contribution is 5.98. The van der Waals surface area contributed by atoms with E-state index >= 15 is 0 Å². The summed E-state index contributed by atoms with van der Waals surface area (Å²) in [5, 5.41) is 2.78. The fourth-order valence-electron chi connectivity index (χ4n) is 1.99. The molecule has 1 N–H and O–H groups in total. The van der Waals surface area contributed by atoms with Gasteiger partial charge in [-0.2, -0.15) is 8.78 Å². The van der Waals surface area contributed by atoms with Gasteiger partial charge in [-0.25, -0.2) is 0 Å². The third-order valence-corrected chi connectivity index (χ3v) is 3.40. The Labute approximate surface area is 127 Å². The predicted octanol–water partition coefficient (Wildman–Crippen LogP) is 4.20. The topological polar surface area (TPSA) is 38.3 Å². The lowest BCUT2D eigenvalue weighted by atomic mass is 9.83. The molecule has 0 atom stereocenters. The number of benzene rings is 2. The molecule has 0 saturated heterocycles. The first-order chi connectivity index (χ1) is 10.4. The number of rotatable bonds is 5. The van der Waals surface area contributed by atoms with Crippen molar-refractivity contribution in [2.75, 3.05) is 5.32 Å². The van der Waals surface area contributed by atoms with Crippen LogP contribution in [0.25, 0.3) is 0 Å². The molecule has 0 saturated carbocycles. The van der Waals surface area contributed by atoms with Gasteiger partial charge in [0.1, 0.15) is 5.75 Å². The highest BCUT2D eigenvalue weighted by atomic mass is 19.3. The van der Waals surface area contributed by atoms with Gasteiger partial charge < -0.3 is 10.1 Å². The SMILES string of the molecule is CC(C)(C(=O)Nc1ccc(OC(F)F)cc1)c1ccccc1.